The van der Waals surface area contributed by atoms with E-state index in [0.717, 1.165) is 0 Å². The molecule has 0 amide bonds. The van der Waals surface area contributed by atoms with Crippen LogP contribution in [0.3, 0.4) is 0 Å². The third kappa shape index (κ3) is 10.9. The molecule has 0 fully saturated rings. The summed E-state index contributed by atoms with van der Waals surface area (Å²) in [7, 11) is 4.07. The van der Waals surface area contributed by atoms with Gasteiger partial charge in [-0.1, -0.05) is 0 Å². The number of rotatable bonds is 12. The van der Waals surface area contributed by atoms with Crippen LogP contribution in [0.5, 0.6) is 0 Å². The van der Waals surface area contributed by atoms with Crippen molar-refractivity contribution in [2.75, 3.05) is 77.5 Å². The maximum absolute atomic E-state index is 12.8. The van der Waals surface area contributed by atoms with Crippen LogP contribution < -0.4 is 21.0 Å². The summed E-state index contributed by atoms with van der Waals surface area (Å²) in [5.41, 5.74) is 2.28. The molecular weight excluding hydrogens is 1390 g/mol. The van der Waals surface area contributed by atoms with Crippen molar-refractivity contribution in [3.63, 3.8) is 0 Å². The fourth-order valence-corrected chi connectivity index (χ4v) is 26.8. The summed E-state index contributed by atoms with van der Waals surface area (Å²) >= 11 is -1.74. The third-order valence-corrected chi connectivity index (χ3v) is 30.9. The molecule has 1 radical (unpaired) electrons. The van der Waals surface area contributed by atoms with E-state index in [9.17, 15) is 44.2 Å². The van der Waals surface area contributed by atoms with Gasteiger partial charge in [0.05, 0.1) is 0 Å². The number of nitrogens with one attached hydrogen (secondary N) is 1. The number of aliphatic imine (C=N–C) groups is 4. The standard InChI is InChI=1S/C48H24N8O12S4.C11H33N7P2.Ga.H2O/c57-67-68-69-37-9-1-5-21-13-29-33(17-25(21)37)45-49-41(29)51-46-35-19-27-23(7-3-11-39(27)71(61,62)63)15-31(35)43(53-46)55-48-36-20-28-24(8-4-12-40(28)72(64,65)66)16-32(36)44(56-48)54-47-34-18-26-22(14-30(34)42(50-45)52-47)6-2-10-38(26)70(58,59)60;1-12-19(14(2)3,15(4)5)13-20(16(6)7,17(8)9)18(10)11;;/h1-20H,(H4-2,49,50,51,52,53,54,55,56,57,58,59,60,61,62,63,64,65,66);1-11H3;;1H2/q-2;;+2;/p-3. The van der Waals surface area contributed by atoms with E-state index in [1.807, 2.05) is 31.8 Å². The van der Waals surface area contributed by atoms with E-state index in [1.54, 1.807) is 60.7 Å². The van der Waals surface area contributed by atoms with Crippen molar-refractivity contribution in [2.24, 2.45) is 34.5 Å². The number of benzene rings is 8. The summed E-state index contributed by atoms with van der Waals surface area (Å²) in [4.78, 5) is 30.2. The van der Waals surface area contributed by atoms with Crippen LogP contribution in [0.1, 0.15) is 22.3 Å². The zero-order chi connectivity index (χ0) is 66.3. The average Bonchev–Trinajstić information content (AvgIpc) is 1.55. The zero-order valence-corrected chi connectivity index (χ0v) is 59.3. The van der Waals surface area contributed by atoms with Crippen molar-refractivity contribution < 1.29 is 63.8 Å². The number of hydrogen-bond donors (Lipinski definition) is 1. The molecule has 0 unspecified atom stereocenters. The molecule has 0 saturated heterocycles. The van der Waals surface area contributed by atoms with Gasteiger partial charge >= 0.3 is 432 Å². The van der Waals surface area contributed by atoms with E-state index in [-0.39, 0.29) is 62.1 Å². The molecule has 4 aliphatic heterocycles. The molecule has 0 spiro atoms. The predicted molar refractivity (Wildman–Crippen MR) is 358 cm³/mol. The van der Waals surface area contributed by atoms with Gasteiger partial charge in [0.2, 0.25) is 0 Å². The van der Waals surface area contributed by atoms with Crippen LogP contribution in [-0.4, -0.2) is 193 Å². The fraction of sp³-hybridized carbons (Fsp3) is 0.186. The molecule has 14 rings (SSSR count). The van der Waals surface area contributed by atoms with Crippen LogP contribution in [0.4, 0.5) is 11.6 Å². The predicted octanol–water partition coefficient (Wildman–Crippen LogP) is 4.60. The van der Waals surface area contributed by atoms with Crippen LogP contribution in [0.25, 0.3) is 64.6 Å². The molecular formula is C59H56GaN15O13P2S4-3. The van der Waals surface area contributed by atoms with E-state index in [0.29, 0.717) is 93.2 Å². The molecule has 485 valence electrons. The molecule has 0 saturated carbocycles. The van der Waals surface area contributed by atoms with Crippen molar-refractivity contribution in [3.8, 4) is 0 Å². The first kappa shape index (κ1) is 67.0. The molecule has 35 heteroatoms. The van der Waals surface area contributed by atoms with E-state index < -0.39 is 77.9 Å². The number of aromatic nitrogens is 2. The van der Waals surface area contributed by atoms with Gasteiger partial charge in [-0.15, -0.1) is 0 Å². The average molecular weight is 1440 g/mol. The molecule has 2 aromatic heterocycles. The first-order valence-corrected chi connectivity index (χ1v) is 38.5. The Morgan fingerprint density at radius 1 is 0.468 bits per heavy atom. The Balaban J connectivity index is 0.000000352. The Labute approximate surface area is 550 Å². The van der Waals surface area contributed by atoms with Crippen molar-refractivity contribution in [1.82, 2.24) is 29.9 Å². The molecule has 10 aromatic rings. The van der Waals surface area contributed by atoms with Gasteiger partial charge in [-0.25, -0.2) is 14.1 Å². The molecule has 28 nitrogen and oxygen atoms in total. The van der Waals surface area contributed by atoms with Crippen LogP contribution in [-0.2, 0) is 39.7 Å². The molecule has 0 atom stereocenters. The van der Waals surface area contributed by atoms with Gasteiger partial charge in [0.25, 0.3) is 0 Å². The van der Waals surface area contributed by atoms with Gasteiger partial charge in [0, 0.05) is 0 Å². The first-order chi connectivity index (χ1) is 44.0. The molecule has 0 aliphatic carbocycles. The van der Waals surface area contributed by atoms with Gasteiger partial charge in [-0.2, -0.15) is 4.52 Å². The molecule has 3 N–H and O–H groups in total. The Morgan fingerprint density at radius 2 is 0.840 bits per heavy atom. The van der Waals surface area contributed by atoms with E-state index in [2.05, 4.69) is 104 Å². The number of nitrogens with zero attached hydrogens (tertiary/aromatic N) is 14. The van der Waals surface area contributed by atoms with Crippen molar-refractivity contribution in [3.05, 3.63) is 155 Å². The third-order valence-electron chi connectivity index (χ3n) is 16.5. The minimum atomic E-state index is -5.02. The molecule has 6 heterocycles. The maximum atomic E-state index is 12.8. The van der Waals surface area contributed by atoms with E-state index >= 15 is 0 Å². The number of fused-ring (bicyclic) bond motifs is 18. The molecule has 8 aromatic carbocycles. The summed E-state index contributed by atoms with van der Waals surface area (Å²) < 4.78 is 144. The zero-order valence-electron chi connectivity index (χ0n) is 51.8. The van der Waals surface area contributed by atoms with E-state index in [4.69, 9.17) is 38.8 Å². The van der Waals surface area contributed by atoms with E-state index in [1.165, 1.54) is 42.5 Å². The van der Waals surface area contributed by atoms with Gasteiger partial charge in [-0.05, 0) is 70.5 Å². The normalized spacial score (nSPS) is 14.6. The van der Waals surface area contributed by atoms with Gasteiger partial charge in [0.15, 0.2) is 7.51 Å². The van der Waals surface area contributed by atoms with Gasteiger partial charge in [-0.3, -0.25) is 14.0 Å². The summed E-state index contributed by atoms with van der Waals surface area (Å²) in [5.74, 6) is 1.07. The molecule has 94 heavy (non-hydrogen) atoms. The topological polar surface area (TPSA) is 371 Å². The van der Waals surface area contributed by atoms with Crippen molar-refractivity contribution in [1.29, 1.82) is 0 Å². The second-order valence-electron chi connectivity index (χ2n) is 22.9. The summed E-state index contributed by atoms with van der Waals surface area (Å²) in [6, 6.07) is 31.7. The number of hydrogen-bond acceptors (Lipinski definition) is 19. The quantitative estimate of drug-likeness (QED) is 0.0436. The number of amidine groups is 4. The second kappa shape index (κ2) is 24.3. The second-order valence-corrected chi connectivity index (χ2v) is 37.7. The summed E-state index contributed by atoms with van der Waals surface area (Å²) in [6.45, 7) is 0. The van der Waals surface area contributed by atoms with Crippen LogP contribution in [0.2, 0.25) is 0 Å². The molecule has 4 aliphatic rings. The van der Waals surface area contributed by atoms with Crippen LogP contribution in [0, 0.1) is 0 Å². The van der Waals surface area contributed by atoms with Gasteiger partial charge in [0.1, 0.15) is 7.05 Å². The molecule has 6 bridgehead atoms. The Hall–Kier alpha value is -7.02. The summed E-state index contributed by atoms with van der Waals surface area (Å²) in [5, 5.41) is 19.1. The Kier molecular flexibility index (Phi) is 17.3. The minimum absolute atomic E-state index is 0. The SMILES string of the molecule is C[NH+]=P(N=P(N(C)C)(N(C)C)N(C)C)(N(C)C)N(C)C.O.O=S(=O)([O-])c1cccc2cc3c(cc12)C1=Nc2c4cc5cccc(S(=O)(=O)[O-])c5cc4c4[n]2[Ga][n]2c(c5cc6cccc(S(=O)(=O)[O-])c6cc5c2=NC3=N1)=NC1=NC(=N4)c2cc3cccc(SOO[O-])c3cc21. The van der Waals surface area contributed by atoms with Crippen LogP contribution >= 0.6 is 27.1 Å². The van der Waals surface area contributed by atoms with Crippen molar-refractivity contribution >= 4 is 175 Å². The fourth-order valence-electron chi connectivity index (χ4n) is 12.6. The first-order valence-electron chi connectivity index (χ1n) is 28.1. The summed E-state index contributed by atoms with van der Waals surface area (Å²) in [6.07, 6.45) is 0. The Morgan fingerprint density at radius 3 is 1.28 bits per heavy atom. The van der Waals surface area contributed by atoms with Crippen molar-refractivity contribution in [2.45, 2.75) is 19.6 Å². The van der Waals surface area contributed by atoms with Crippen LogP contribution in [0.15, 0.2) is 175 Å². The monoisotopic (exact) mass is 1440 g/mol. The van der Waals surface area contributed by atoms with Gasteiger partial charge < -0.3 is 5.48 Å². The Bertz CT molecular complexity index is 5720.